The summed E-state index contributed by atoms with van der Waals surface area (Å²) in [7, 11) is 1.54. The molecule has 0 atom stereocenters. The first-order valence-corrected chi connectivity index (χ1v) is 9.63. The van der Waals surface area contributed by atoms with Crippen LogP contribution in [-0.2, 0) is 4.79 Å². The number of ether oxygens (including phenoxy) is 2. The Balaban J connectivity index is 1.38. The molecule has 3 aromatic carbocycles. The van der Waals surface area contributed by atoms with Gasteiger partial charge in [0.15, 0.2) is 18.1 Å². The highest BCUT2D eigenvalue weighted by Crippen LogP contribution is 2.25. The van der Waals surface area contributed by atoms with Crippen LogP contribution in [0.15, 0.2) is 78.9 Å². The zero-order valence-corrected chi connectivity index (χ0v) is 16.8. The Morgan fingerprint density at radius 3 is 2.03 bits per heavy atom. The molecule has 0 radical (unpaired) electrons. The van der Waals surface area contributed by atoms with Crippen LogP contribution in [0.4, 0.5) is 0 Å². The van der Waals surface area contributed by atoms with Crippen molar-refractivity contribution in [3.8, 4) is 22.6 Å². The van der Waals surface area contributed by atoms with Gasteiger partial charge in [0, 0.05) is 18.7 Å². The van der Waals surface area contributed by atoms with Gasteiger partial charge < -0.3 is 20.1 Å². The lowest BCUT2D eigenvalue weighted by atomic mass is 10.0. The highest BCUT2D eigenvalue weighted by Gasteiger charge is 2.08. The number of hydrogen-bond acceptors (Lipinski definition) is 4. The Morgan fingerprint density at radius 1 is 0.733 bits per heavy atom. The summed E-state index contributed by atoms with van der Waals surface area (Å²) in [5.74, 6) is 0.606. The van der Waals surface area contributed by atoms with Crippen molar-refractivity contribution < 1.29 is 19.1 Å². The fourth-order valence-corrected chi connectivity index (χ4v) is 2.86. The van der Waals surface area contributed by atoms with E-state index in [1.54, 1.807) is 37.4 Å². The van der Waals surface area contributed by atoms with Gasteiger partial charge in [-0.3, -0.25) is 9.59 Å². The van der Waals surface area contributed by atoms with Crippen molar-refractivity contribution in [2.75, 3.05) is 26.8 Å². The zero-order chi connectivity index (χ0) is 21.2. The third-order valence-electron chi connectivity index (χ3n) is 4.41. The first-order chi connectivity index (χ1) is 14.7. The summed E-state index contributed by atoms with van der Waals surface area (Å²) < 4.78 is 10.6. The minimum absolute atomic E-state index is 0.130. The molecule has 0 fully saturated rings. The molecule has 0 spiro atoms. The van der Waals surface area contributed by atoms with Gasteiger partial charge in [0.1, 0.15) is 0 Å². The number of hydrogen-bond donors (Lipinski definition) is 2. The summed E-state index contributed by atoms with van der Waals surface area (Å²) in [6.45, 7) is 0.497. The van der Waals surface area contributed by atoms with Crippen LogP contribution in [0, 0.1) is 0 Å². The van der Waals surface area contributed by atoms with Crippen molar-refractivity contribution in [2.45, 2.75) is 0 Å². The minimum Gasteiger partial charge on any atom is -0.493 e. The van der Waals surface area contributed by atoms with Gasteiger partial charge in [0.05, 0.1) is 7.11 Å². The smallest absolute Gasteiger partial charge is 0.258 e. The van der Waals surface area contributed by atoms with Crippen molar-refractivity contribution in [3.63, 3.8) is 0 Å². The predicted octanol–water partition coefficient (Wildman–Crippen LogP) is 3.29. The van der Waals surface area contributed by atoms with Crippen LogP contribution in [-0.4, -0.2) is 38.6 Å². The average molecular weight is 404 g/mol. The molecule has 0 aliphatic heterocycles. The monoisotopic (exact) mass is 404 g/mol. The van der Waals surface area contributed by atoms with Crippen molar-refractivity contribution in [3.05, 3.63) is 84.4 Å². The van der Waals surface area contributed by atoms with E-state index in [9.17, 15) is 9.59 Å². The zero-order valence-electron chi connectivity index (χ0n) is 16.8. The second kappa shape index (κ2) is 10.7. The Morgan fingerprint density at radius 2 is 1.33 bits per heavy atom. The van der Waals surface area contributed by atoms with Gasteiger partial charge in [-0.05, 0) is 35.4 Å². The maximum absolute atomic E-state index is 12.3. The topological polar surface area (TPSA) is 76.7 Å². The fraction of sp³-hybridized carbons (Fsp3) is 0.167. The summed E-state index contributed by atoms with van der Waals surface area (Å²) in [4.78, 5) is 24.2. The van der Waals surface area contributed by atoms with E-state index in [0.29, 0.717) is 30.2 Å². The van der Waals surface area contributed by atoms with Crippen LogP contribution < -0.4 is 20.1 Å². The Labute approximate surface area is 175 Å². The lowest BCUT2D eigenvalue weighted by Gasteiger charge is -2.11. The van der Waals surface area contributed by atoms with E-state index in [1.165, 1.54) is 0 Å². The van der Waals surface area contributed by atoms with E-state index in [-0.39, 0.29) is 18.4 Å². The number of para-hydroxylation sites is 2. The molecule has 0 aliphatic carbocycles. The highest BCUT2D eigenvalue weighted by atomic mass is 16.5. The van der Waals surface area contributed by atoms with Crippen molar-refractivity contribution in [1.82, 2.24) is 10.6 Å². The van der Waals surface area contributed by atoms with Gasteiger partial charge in [-0.25, -0.2) is 0 Å². The number of rotatable bonds is 9. The summed E-state index contributed by atoms with van der Waals surface area (Å²) in [6.07, 6.45) is 0. The molecular formula is C24H24N2O4. The third kappa shape index (κ3) is 5.85. The minimum atomic E-state index is -0.276. The van der Waals surface area contributed by atoms with Crippen LogP contribution in [0.5, 0.6) is 11.5 Å². The molecular weight excluding hydrogens is 380 g/mol. The summed E-state index contributed by atoms with van der Waals surface area (Å²) >= 11 is 0. The average Bonchev–Trinajstić information content (AvgIpc) is 2.81. The largest absolute Gasteiger partial charge is 0.493 e. The van der Waals surface area contributed by atoms with Gasteiger partial charge in [0.25, 0.3) is 11.8 Å². The Bertz CT molecular complexity index is 972. The van der Waals surface area contributed by atoms with E-state index in [4.69, 9.17) is 9.47 Å². The second-order valence-corrected chi connectivity index (χ2v) is 6.49. The lowest BCUT2D eigenvalue weighted by Crippen LogP contribution is -2.36. The molecule has 0 heterocycles. The van der Waals surface area contributed by atoms with Crippen LogP contribution >= 0.6 is 0 Å². The van der Waals surface area contributed by atoms with Gasteiger partial charge in [-0.1, -0.05) is 54.6 Å². The fourth-order valence-electron chi connectivity index (χ4n) is 2.86. The third-order valence-corrected chi connectivity index (χ3v) is 4.41. The molecule has 3 rings (SSSR count). The molecule has 0 aromatic heterocycles. The molecule has 0 unspecified atom stereocenters. The molecule has 0 aliphatic rings. The normalized spacial score (nSPS) is 10.2. The summed E-state index contributed by atoms with van der Waals surface area (Å²) in [5, 5.41) is 5.50. The molecule has 0 saturated carbocycles. The molecule has 6 heteroatoms. The lowest BCUT2D eigenvalue weighted by molar-refractivity contribution is -0.123. The first kappa shape index (κ1) is 20.9. The molecule has 0 bridgehead atoms. The highest BCUT2D eigenvalue weighted by molar-refractivity contribution is 5.94. The van der Waals surface area contributed by atoms with E-state index >= 15 is 0 Å². The maximum Gasteiger partial charge on any atom is 0.258 e. The van der Waals surface area contributed by atoms with Gasteiger partial charge in [0.2, 0.25) is 0 Å². The number of benzene rings is 3. The van der Waals surface area contributed by atoms with Crippen molar-refractivity contribution >= 4 is 11.8 Å². The van der Waals surface area contributed by atoms with Crippen LogP contribution in [0.2, 0.25) is 0 Å². The SMILES string of the molecule is COc1ccccc1OCC(=O)NCCNC(=O)c1ccc(-c2ccccc2)cc1. The van der Waals surface area contributed by atoms with Crippen LogP contribution in [0.25, 0.3) is 11.1 Å². The van der Waals surface area contributed by atoms with Crippen molar-refractivity contribution in [2.24, 2.45) is 0 Å². The number of methoxy groups -OCH3 is 1. The molecule has 6 nitrogen and oxygen atoms in total. The first-order valence-electron chi connectivity index (χ1n) is 9.63. The van der Waals surface area contributed by atoms with E-state index in [2.05, 4.69) is 10.6 Å². The number of carbonyl (C=O) groups is 2. The number of amides is 2. The van der Waals surface area contributed by atoms with Crippen molar-refractivity contribution in [1.29, 1.82) is 0 Å². The summed E-state index contributed by atoms with van der Waals surface area (Å²) in [5.41, 5.74) is 2.72. The summed E-state index contributed by atoms with van der Waals surface area (Å²) in [6, 6.07) is 24.5. The second-order valence-electron chi connectivity index (χ2n) is 6.49. The van der Waals surface area contributed by atoms with E-state index < -0.39 is 0 Å². The molecule has 0 saturated heterocycles. The van der Waals surface area contributed by atoms with Gasteiger partial charge >= 0.3 is 0 Å². The standard InChI is InChI=1S/C24H24N2O4/c1-29-21-9-5-6-10-22(21)30-17-23(27)25-15-16-26-24(28)20-13-11-19(12-14-20)18-7-3-2-4-8-18/h2-14H,15-17H2,1H3,(H,25,27)(H,26,28). The molecule has 2 amide bonds. The number of carbonyl (C=O) groups excluding carboxylic acids is 2. The molecule has 154 valence electrons. The van der Waals surface area contributed by atoms with E-state index in [0.717, 1.165) is 11.1 Å². The molecule has 3 aromatic rings. The van der Waals surface area contributed by atoms with Gasteiger partial charge in [-0.2, -0.15) is 0 Å². The number of nitrogens with one attached hydrogen (secondary N) is 2. The quantitative estimate of drug-likeness (QED) is 0.537. The molecule has 30 heavy (non-hydrogen) atoms. The van der Waals surface area contributed by atoms with Gasteiger partial charge in [-0.15, -0.1) is 0 Å². The van der Waals surface area contributed by atoms with E-state index in [1.807, 2.05) is 48.5 Å². The van der Waals surface area contributed by atoms with Crippen LogP contribution in [0.1, 0.15) is 10.4 Å². The predicted molar refractivity (Wildman–Crippen MR) is 116 cm³/mol. The maximum atomic E-state index is 12.3. The Kier molecular flexibility index (Phi) is 7.44. The Hall–Kier alpha value is -3.80. The molecule has 2 N–H and O–H groups in total. The van der Waals surface area contributed by atoms with Crippen LogP contribution in [0.3, 0.4) is 0 Å².